The highest BCUT2D eigenvalue weighted by molar-refractivity contribution is 5.98. The van der Waals surface area contributed by atoms with Gasteiger partial charge >= 0.3 is 5.97 Å². The molecule has 2 heterocycles. The summed E-state index contributed by atoms with van der Waals surface area (Å²) in [6, 6.07) is 11.6. The fraction of sp³-hybridized carbons (Fsp3) is 0.200. The first-order valence-corrected chi connectivity index (χ1v) is 8.54. The number of aryl methyl sites for hydroxylation is 1. The van der Waals surface area contributed by atoms with Gasteiger partial charge in [0.25, 0.3) is 11.5 Å². The van der Waals surface area contributed by atoms with E-state index in [1.165, 1.54) is 17.6 Å². The number of hydrogen-bond donors (Lipinski definition) is 1. The van der Waals surface area contributed by atoms with Crippen LogP contribution in [0.15, 0.2) is 53.5 Å². The van der Waals surface area contributed by atoms with Gasteiger partial charge in [-0.05, 0) is 30.7 Å². The smallest absolute Gasteiger partial charge is 0.325 e. The first-order chi connectivity index (χ1) is 13.5. The summed E-state index contributed by atoms with van der Waals surface area (Å²) >= 11 is 0. The molecule has 8 nitrogen and oxygen atoms in total. The van der Waals surface area contributed by atoms with Crippen molar-refractivity contribution in [2.24, 2.45) is 0 Å². The van der Waals surface area contributed by atoms with Crippen LogP contribution in [0.1, 0.15) is 21.6 Å². The molecule has 0 spiro atoms. The average Bonchev–Trinajstić information content (AvgIpc) is 2.71. The highest BCUT2D eigenvalue weighted by Crippen LogP contribution is 2.16. The summed E-state index contributed by atoms with van der Waals surface area (Å²) in [5.41, 5.74) is 1.73. The van der Waals surface area contributed by atoms with E-state index in [0.717, 1.165) is 5.56 Å². The second-order valence-electron chi connectivity index (χ2n) is 6.01. The van der Waals surface area contributed by atoms with E-state index in [4.69, 9.17) is 9.47 Å². The average molecular weight is 381 g/mol. The van der Waals surface area contributed by atoms with Gasteiger partial charge < -0.3 is 14.8 Å². The lowest BCUT2D eigenvalue weighted by atomic mass is 10.2. The number of nitrogens with one attached hydrogen (secondary N) is 1. The number of para-hydroxylation sites is 1. The molecule has 8 heteroatoms. The highest BCUT2D eigenvalue weighted by Gasteiger charge is 2.13. The predicted octanol–water partition coefficient (Wildman–Crippen LogP) is 1.48. The molecule has 1 amide bonds. The molecule has 0 atom stereocenters. The van der Waals surface area contributed by atoms with Crippen LogP contribution >= 0.6 is 0 Å². The summed E-state index contributed by atoms with van der Waals surface area (Å²) in [7, 11) is 1.46. The molecule has 3 rings (SSSR count). The van der Waals surface area contributed by atoms with Crippen LogP contribution in [0.4, 0.5) is 0 Å². The summed E-state index contributed by atoms with van der Waals surface area (Å²) in [5.74, 6) is -0.688. The van der Waals surface area contributed by atoms with E-state index in [1.54, 1.807) is 36.5 Å². The van der Waals surface area contributed by atoms with Gasteiger partial charge in [-0.2, -0.15) is 0 Å². The number of methoxy groups -OCH3 is 1. The second-order valence-corrected chi connectivity index (χ2v) is 6.01. The molecule has 0 aliphatic rings. The Labute approximate surface area is 160 Å². The van der Waals surface area contributed by atoms with Gasteiger partial charge in [-0.25, -0.2) is 4.98 Å². The van der Waals surface area contributed by atoms with Crippen molar-refractivity contribution >= 4 is 17.5 Å². The number of fused-ring (bicyclic) bond motifs is 1. The molecule has 0 bridgehead atoms. The van der Waals surface area contributed by atoms with Crippen molar-refractivity contribution < 1.29 is 19.1 Å². The van der Waals surface area contributed by atoms with Crippen molar-refractivity contribution in [2.45, 2.75) is 13.5 Å². The largest absolute Gasteiger partial charge is 0.496 e. The van der Waals surface area contributed by atoms with Gasteiger partial charge in [-0.15, -0.1) is 0 Å². The molecule has 1 N–H and O–H groups in total. The van der Waals surface area contributed by atoms with Crippen molar-refractivity contribution in [3.8, 4) is 5.75 Å². The molecule has 2 aromatic heterocycles. The molecule has 0 aliphatic carbocycles. The van der Waals surface area contributed by atoms with Crippen LogP contribution in [0.5, 0.6) is 5.75 Å². The Morgan fingerprint density at radius 3 is 2.75 bits per heavy atom. The monoisotopic (exact) mass is 381 g/mol. The predicted molar refractivity (Wildman–Crippen MR) is 101 cm³/mol. The standard InChI is InChI=1S/C20H19N3O5/c1-13-6-5-9-23-17(24)10-14(22-19(13)23)12-28-18(25)11-21-20(26)15-7-3-4-8-16(15)27-2/h3-10H,11-12H2,1-2H3,(H,21,26). The van der Waals surface area contributed by atoms with Gasteiger partial charge in [-0.1, -0.05) is 18.2 Å². The first-order valence-electron chi connectivity index (χ1n) is 8.54. The number of carbonyl (C=O) groups is 2. The van der Waals surface area contributed by atoms with Crippen LogP contribution in [0.25, 0.3) is 5.65 Å². The van der Waals surface area contributed by atoms with Gasteiger partial charge in [0.15, 0.2) is 0 Å². The van der Waals surface area contributed by atoms with Crippen LogP contribution in [-0.2, 0) is 16.1 Å². The number of ether oxygens (including phenoxy) is 2. The molecule has 1 aromatic carbocycles. The molecule has 3 aromatic rings. The summed E-state index contributed by atoms with van der Waals surface area (Å²) in [6.07, 6.45) is 1.63. The van der Waals surface area contributed by atoms with E-state index in [9.17, 15) is 14.4 Å². The Bertz CT molecular complexity index is 1090. The SMILES string of the molecule is COc1ccccc1C(=O)NCC(=O)OCc1cc(=O)n2cccc(C)c2n1. The molecule has 0 aliphatic heterocycles. The van der Waals surface area contributed by atoms with E-state index >= 15 is 0 Å². The van der Waals surface area contributed by atoms with Crippen molar-refractivity contribution in [1.29, 1.82) is 0 Å². The van der Waals surface area contributed by atoms with E-state index in [1.807, 2.05) is 13.0 Å². The quantitative estimate of drug-likeness (QED) is 0.650. The molecule has 0 fully saturated rings. The molecule has 0 saturated heterocycles. The number of pyridine rings is 1. The molecule has 28 heavy (non-hydrogen) atoms. The molecule has 0 radical (unpaired) electrons. The van der Waals surface area contributed by atoms with Gasteiger partial charge in [0.1, 0.15) is 24.5 Å². The maximum atomic E-state index is 12.2. The van der Waals surface area contributed by atoms with Crippen molar-refractivity contribution in [3.63, 3.8) is 0 Å². The third kappa shape index (κ3) is 4.17. The molecular formula is C20H19N3O5. The zero-order valence-electron chi connectivity index (χ0n) is 15.5. The third-order valence-corrected chi connectivity index (χ3v) is 4.07. The minimum absolute atomic E-state index is 0.163. The number of hydrogen-bond acceptors (Lipinski definition) is 6. The zero-order valence-corrected chi connectivity index (χ0v) is 15.5. The normalized spacial score (nSPS) is 10.5. The van der Waals surface area contributed by atoms with Crippen LogP contribution in [0, 0.1) is 6.92 Å². The maximum Gasteiger partial charge on any atom is 0.325 e. The van der Waals surface area contributed by atoms with Gasteiger partial charge in [-0.3, -0.25) is 18.8 Å². The van der Waals surface area contributed by atoms with Gasteiger partial charge in [0.2, 0.25) is 0 Å². The summed E-state index contributed by atoms with van der Waals surface area (Å²) in [4.78, 5) is 40.6. The fourth-order valence-electron chi connectivity index (χ4n) is 2.67. The number of nitrogens with zero attached hydrogens (tertiary/aromatic N) is 2. The third-order valence-electron chi connectivity index (χ3n) is 4.07. The zero-order chi connectivity index (χ0) is 20.1. The van der Waals surface area contributed by atoms with E-state index < -0.39 is 11.9 Å². The van der Waals surface area contributed by atoms with Crippen LogP contribution < -0.4 is 15.6 Å². The van der Waals surface area contributed by atoms with E-state index in [-0.39, 0.29) is 18.7 Å². The van der Waals surface area contributed by atoms with Crippen molar-refractivity contribution in [1.82, 2.24) is 14.7 Å². The van der Waals surface area contributed by atoms with Gasteiger partial charge in [0.05, 0.1) is 18.4 Å². The van der Waals surface area contributed by atoms with E-state index in [0.29, 0.717) is 22.7 Å². The highest BCUT2D eigenvalue weighted by atomic mass is 16.5. The van der Waals surface area contributed by atoms with Crippen molar-refractivity contribution in [2.75, 3.05) is 13.7 Å². The van der Waals surface area contributed by atoms with E-state index in [2.05, 4.69) is 10.3 Å². The second kappa shape index (κ2) is 8.34. The molecule has 0 unspecified atom stereocenters. The fourth-order valence-corrected chi connectivity index (χ4v) is 2.67. The number of esters is 1. The van der Waals surface area contributed by atoms with Crippen LogP contribution in [0.3, 0.4) is 0 Å². The number of benzene rings is 1. The summed E-state index contributed by atoms with van der Waals surface area (Å²) < 4.78 is 11.7. The number of carbonyl (C=O) groups excluding carboxylic acids is 2. The maximum absolute atomic E-state index is 12.2. The minimum Gasteiger partial charge on any atom is -0.496 e. The summed E-state index contributed by atoms with van der Waals surface area (Å²) in [6.45, 7) is 1.36. The van der Waals surface area contributed by atoms with Gasteiger partial charge in [0, 0.05) is 12.3 Å². The Morgan fingerprint density at radius 2 is 1.96 bits per heavy atom. The van der Waals surface area contributed by atoms with Crippen LogP contribution in [0.2, 0.25) is 0 Å². The Hall–Kier alpha value is -3.68. The number of aromatic nitrogens is 2. The van der Waals surface area contributed by atoms with Crippen LogP contribution in [-0.4, -0.2) is 34.9 Å². The Morgan fingerprint density at radius 1 is 1.18 bits per heavy atom. The first kappa shape index (κ1) is 19.1. The number of amides is 1. The topological polar surface area (TPSA) is 99.0 Å². The lowest BCUT2D eigenvalue weighted by Gasteiger charge is -2.09. The molecule has 0 saturated carbocycles. The molecular weight excluding hydrogens is 362 g/mol. The lowest BCUT2D eigenvalue weighted by molar-refractivity contribution is -0.143. The number of rotatable bonds is 6. The minimum atomic E-state index is -0.643. The summed E-state index contributed by atoms with van der Waals surface area (Å²) in [5, 5.41) is 2.48. The molecule has 144 valence electrons. The Balaban J connectivity index is 1.60. The Kier molecular flexibility index (Phi) is 5.69. The lowest BCUT2D eigenvalue weighted by Crippen LogP contribution is -2.31. The van der Waals surface area contributed by atoms with Crippen molar-refractivity contribution in [3.05, 3.63) is 75.8 Å².